The van der Waals surface area contributed by atoms with E-state index in [0.29, 0.717) is 0 Å². The van der Waals surface area contributed by atoms with Gasteiger partial charge in [-0.25, -0.2) is 9.97 Å². The molecule has 0 amide bonds. The van der Waals surface area contributed by atoms with Gasteiger partial charge in [0.15, 0.2) is 5.65 Å². The van der Waals surface area contributed by atoms with E-state index in [2.05, 4.69) is 65.4 Å². The second-order valence-corrected chi connectivity index (χ2v) is 8.81. The van der Waals surface area contributed by atoms with Gasteiger partial charge in [-0.15, -0.1) is 0 Å². The highest BCUT2D eigenvalue weighted by Gasteiger charge is 2.24. The van der Waals surface area contributed by atoms with Crippen molar-refractivity contribution >= 4 is 27.8 Å². The summed E-state index contributed by atoms with van der Waals surface area (Å²) in [6.07, 6.45) is 8.95. The third-order valence-corrected chi connectivity index (χ3v) is 6.48. The Bertz CT molecular complexity index is 1680. The molecule has 170 valence electrons. The number of aromatic amines is 2. The molecule has 4 N–H and O–H groups in total. The van der Waals surface area contributed by atoms with Gasteiger partial charge in [-0.05, 0) is 41.5 Å². The molecular weight excluding hydrogens is 438 g/mol. The number of benzene rings is 1. The Labute approximate surface area is 200 Å². The van der Waals surface area contributed by atoms with Crippen LogP contribution in [0.2, 0.25) is 0 Å². The normalized spacial score (nSPS) is 14.0. The van der Waals surface area contributed by atoms with Gasteiger partial charge in [0, 0.05) is 59.6 Å². The van der Waals surface area contributed by atoms with Gasteiger partial charge < -0.3 is 15.6 Å². The fraction of sp³-hybridized carbons (Fsp3) is 0.115. The Morgan fingerprint density at radius 2 is 1.80 bits per heavy atom. The Balaban J connectivity index is 1.31. The summed E-state index contributed by atoms with van der Waals surface area (Å²) < 4.78 is 0. The molecular formula is C26H21N9. The van der Waals surface area contributed by atoms with Crippen molar-refractivity contribution in [3.8, 4) is 33.8 Å². The second-order valence-electron chi connectivity index (χ2n) is 8.81. The van der Waals surface area contributed by atoms with E-state index in [4.69, 9.17) is 10.7 Å². The molecule has 0 radical (unpaired) electrons. The zero-order chi connectivity index (χ0) is 23.4. The van der Waals surface area contributed by atoms with Gasteiger partial charge in [0.2, 0.25) is 0 Å². The SMILES string of the molecule is NC1CN(c2cncc(-c3cnc4[nH]nc(-c5cc6c(-c7ccncc7)cccc6[nH]5)c4c3)n2)C1. The van der Waals surface area contributed by atoms with E-state index in [1.54, 1.807) is 18.6 Å². The van der Waals surface area contributed by atoms with Crippen LogP contribution in [-0.2, 0) is 0 Å². The fourth-order valence-electron chi connectivity index (χ4n) is 4.66. The molecule has 0 bridgehead atoms. The van der Waals surface area contributed by atoms with E-state index in [1.807, 2.05) is 24.5 Å². The van der Waals surface area contributed by atoms with Gasteiger partial charge in [0.1, 0.15) is 11.5 Å². The highest BCUT2D eigenvalue weighted by Crippen LogP contribution is 2.34. The lowest BCUT2D eigenvalue weighted by molar-refractivity contribution is 0.514. The zero-order valence-electron chi connectivity index (χ0n) is 18.7. The molecule has 0 spiro atoms. The van der Waals surface area contributed by atoms with E-state index in [9.17, 15) is 0 Å². The minimum Gasteiger partial charge on any atom is -0.353 e. The number of fused-ring (bicyclic) bond motifs is 2. The van der Waals surface area contributed by atoms with Gasteiger partial charge in [0.25, 0.3) is 0 Å². The van der Waals surface area contributed by atoms with Crippen LogP contribution in [-0.4, -0.2) is 54.2 Å². The van der Waals surface area contributed by atoms with Crippen LogP contribution >= 0.6 is 0 Å². The maximum Gasteiger partial charge on any atom is 0.155 e. The van der Waals surface area contributed by atoms with Crippen LogP contribution in [0.5, 0.6) is 0 Å². The molecule has 5 aromatic heterocycles. The van der Waals surface area contributed by atoms with Crippen molar-refractivity contribution in [1.29, 1.82) is 0 Å². The van der Waals surface area contributed by atoms with Crippen molar-refractivity contribution in [2.24, 2.45) is 5.73 Å². The molecule has 1 aliphatic rings. The summed E-state index contributed by atoms with van der Waals surface area (Å²) in [7, 11) is 0. The highest BCUT2D eigenvalue weighted by molar-refractivity contribution is 6.01. The molecule has 1 aliphatic heterocycles. The van der Waals surface area contributed by atoms with Crippen molar-refractivity contribution in [2.75, 3.05) is 18.0 Å². The first-order chi connectivity index (χ1) is 17.2. The Kier molecular flexibility index (Phi) is 4.36. The summed E-state index contributed by atoms with van der Waals surface area (Å²) in [5, 5.41) is 9.69. The number of pyridine rings is 2. The van der Waals surface area contributed by atoms with Crippen molar-refractivity contribution in [3.63, 3.8) is 0 Å². The number of anilines is 1. The first-order valence-electron chi connectivity index (χ1n) is 11.4. The summed E-state index contributed by atoms with van der Waals surface area (Å²) in [6, 6.07) is 14.7. The molecule has 1 aromatic carbocycles. The van der Waals surface area contributed by atoms with E-state index < -0.39 is 0 Å². The van der Waals surface area contributed by atoms with Crippen LogP contribution in [0.15, 0.2) is 73.4 Å². The minimum absolute atomic E-state index is 0.197. The Morgan fingerprint density at radius 1 is 0.914 bits per heavy atom. The molecule has 0 atom stereocenters. The smallest absolute Gasteiger partial charge is 0.155 e. The largest absolute Gasteiger partial charge is 0.353 e. The van der Waals surface area contributed by atoms with Crippen LogP contribution in [0.25, 0.3) is 55.7 Å². The summed E-state index contributed by atoms with van der Waals surface area (Å²) in [5.41, 5.74) is 13.3. The molecule has 0 saturated carbocycles. The second kappa shape index (κ2) is 7.71. The lowest BCUT2D eigenvalue weighted by Crippen LogP contribution is -2.56. The number of rotatable bonds is 4. The molecule has 35 heavy (non-hydrogen) atoms. The van der Waals surface area contributed by atoms with Gasteiger partial charge in [-0.3, -0.25) is 15.1 Å². The topological polar surface area (TPSA) is 125 Å². The van der Waals surface area contributed by atoms with E-state index in [-0.39, 0.29) is 6.04 Å². The van der Waals surface area contributed by atoms with E-state index >= 15 is 0 Å². The van der Waals surface area contributed by atoms with Crippen LogP contribution in [0.3, 0.4) is 0 Å². The maximum atomic E-state index is 5.93. The monoisotopic (exact) mass is 459 g/mol. The average Bonchev–Trinajstić information content (AvgIpc) is 3.51. The summed E-state index contributed by atoms with van der Waals surface area (Å²) in [5.74, 6) is 0.830. The van der Waals surface area contributed by atoms with Crippen molar-refractivity contribution in [1.82, 2.24) is 35.1 Å². The van der Waals surface area contributed by atoms with E-state index in [1.165, 1.54) is 0 Å². The third-order valence-electron chi connectivity index (χ3n) is 6.48. The van der Waals surface area contributed by atoms with Gasteiger partial charge in [0.05, 0.1) is 23.8 Å². The number of nitrogens with one attached hydrogen (secondary N) is 2. The lowest BCUT2D eigenvalue weighted by atomic mass is 10.0. The number of nitrogens with two attached hydrogens (primary N) is 1. The van der Waals surface area contributed by atoms with Crippen LogP contribution in [0, 0.1) is 0 Å². The summed E-state index contributed by atoms with van der Waals surface area (Å²) >= 11 is 0. The van der Waals surface area contributed by atoms with Gasteiger partial charge in [-0.1, -0.05) is 12.1 Å². The highest BCUT2D eigenvalue weighted by atomic mass is 15.3. The van der Waals surface area contributed by atoms with E-state index in [0.717, 1.165) is 74.6 Å². The number of nitrogens with zero attached hydrogens (tertiary/aromatic N) is 6. The predicted octanol–water partition coefficient (Wildman–Crippen LogP) is 3.77. The Hall–Kier alpha value is -4.63. The molecule has 9 nitrogen and oxygen atoms in total. The van der Waals surface area contributed by atoms with Crippen LogP contribution < -0.4 is 10.6 Å². The predicted molar refractivity (Wildman–Crippen MR) is 136 cm³/mol. The van der Waals surface area contributed by atoms with Crippen molar-refractivity contribution in [2.45, 2.75) is 6.04 Å². The summed E-state index contributed by atoms with van der Waals surface area (Å²) in [4.78, 5) is 23.6. The number of hydrogen-bond acceptors (Lipinski definition) is 7. The molecule has 7 rings (SSSR count). The minimum atomic E-state index is 0.197. The van der Waals surface area contributed by atoms with Crippen LogP contribution in [0.4, 0.5) is 5.82 Å². The molecule has 0 aliphatic carbocycles. The quantitative estimate of drug-likeness (QED) is 0.366. The first-order valence-corrected chi connectivity index (χ1v) is 11.4. The average molecular weight is 460 g/mol. The van der Waals surface area contributed by atoms with Gasteiger partial charge in [-0.2, -0.15) is 5.10 Å². The van der Waals surface area contributed by atoms with Gasteiger partial charge >= 0.3 is 0 Å². The first kappa shape index (κ1) is 19.8. The molecule has 6 heterocycles. The summed E-state index contributed by atoms with van der Waals surface area (Å²) in [6.45, 7) is 1.59. The van der Waals surface area contributed by atoms with Crippen molar-refractivity contribution < 1.29 is 0 Å². The molecule has 0 unspecified atom stereocenters. The molecule has 1 saturated heterocycles. The lowest BCUT2D eigenvalue weighted by Gasteiger charge is -2.37. The number of H-pyrrole nitrogens is 2. The molecule has 9 heteroatoms. The molecule has 6 aromatic rings. The zero-order valence-corrected chi connectivity index (χ0v) is 18.7. The number of aromatic nitrogens is 7. The standard InChI is InChI=1S/C26H21N9/c27-17-13-35(14-17)24-12-29-11-23(32-24)16-8-20-25(33-34-26(20)30-10-16)22-9-19-18(2-1-3-21(19)31-22)15-4-6-28-7-5-15/h1-12,17,31H,13-14,27H2,(H,30,33,34). The fourth-order valence-corrected chi connectivity index (χ4v) is 4.66. The number of hydrogen-bond donors (Lipinski definition) is 3. The van der Waals surface area contributed by atoms with Crippen LogP contribution in [0.1, 0.15) is 0 Å². The van der Waals surface area contributed by atoms with Crippen molar-refractivity contribution in [3.05, 3.63) is 73.4 Å². The Morgan fingerprint density at radius 3 is 2.66 bits per heavy atom. The maximum absolute atomic E-state index is 5.93. The molecule has 1 fully saturated rings. The third kappa shape index (κ3) is 3.32.